The third-order valence-corrected chi connectivity index (χ3v) is 3.35. The second kappa shape index (κ2) is 4.85. The lowest BCUT2D eigenvalue weighted by Gasteiger charge is -2.09. The van der Waals surface area contributed by atoms with E-state index in [1.165, 1.54) is 0 Å². The molecular formula is C15H16N4O. The molecule has 0 radical (unpaired) electrons. The number of nitrogens with zero attached hydrogens (tertiary/aromatic N) is 3. The summed E-state index contributed by atoms with van der Waals surface area (Å²) in [6.07, 6.45) is 1.73. The first-order valence-corrected chi connectivity index (χ1v) is 6.39. The number of aryl methyl sites for hydroxylation is 1. The van der Waals surface area contributed by atoms with Gasteiger partial charge in [0.05, 0.1) is 24.7 Å². The van der Waals surface area contributed by atoms with Crippen LogP contribution in [0.1, 0.15) is 11.1 Å². The van der Waals surface area contributed by atoms with Crippen LogP contribution in [-0.2, 0) is 6.54 Å². The average Bonchev–Trinajstić information content (AvgIpc) is 2.77. The van der Waals surface area contributed by atoms with Crippen LogP contribution in [-0.4, -0.2) is 21.6 Å². The molecule has 0 bridgehead atoms. The minimum absolute atomic E-state index is 0.519. The predicted octanol–water partition coefficient (Wildman–Crippen LogP) is 2.38. The van der Waals surface area contributed by atoms with Crippen LogP contribution in [0.4, 0.5) is 5.95 Å². The van der Waals surface area contributed by atoms with Crippen molar-refractivity contribution in [1.82, 2.24) is 14.5 Å². The standard InChI is InChI=1S/C15H16N4O/c1-10-4-3-5-12-14(10)19(15(16)18-12)9-11-6-7-17-13(8-11)20-2/h3-8H,9H2,1-2H3,(H2,16,18). The summed E-state index contributed by atoms with van der Waals surface area (Å²) in [4.78, 5) is 8.52. The first-order chi connectivity index (χ1) is 9.69. The molecule has 5 nitrogen and oxygen atoms in total. The van der Waals surface area contributed by atoms with Crippen LogP contribution in [0, 0.1) is 6.92 Å². The van der Waals surface area contributed by atoms with Gasteiger partial charge in [-0.05, 0) is 30.2 Å². The lowest BCUT2D eigenvalue weighted by molar-refractivity contribution is 0.397. The molecule has 0 fully saturated rings. The van der Waals surface area contributed by atoms with Crippen molar-refractivity contribution in [2.75, 3.05) is 12.8 Å². The Bertz CT molecular complexity index is 764. The van der Waals surface area contributed by atoms with Gasteiger partial charge in [0.1, 0.15) is 0 Å². The Balaban J connectivity index is 2.08. The molecule has 0 unspecified atom stereocenters. The van der Waals surface area contributed by atoms with E-state index in [1.54, 1.807) is 13.3 Å². The number of nitrogens with two attached hydrogens (primary N) is 1. The third kappa shape index (κ3) is 2.07. The van der Waals surface area contributed by atoms with Gasteiger partial charge in [-0.1, -0.05) is 12.1 Å². The summed E-state index contributed by atoms with van der Waals surface area (Å²) in [6, 6.07) is 9.88. The number of methoxy groups -OCH3 is 1. The molecule has 2 aromatic heterocycles. The second-order valence-electron chi connectivity index (χ2n) is 4.71. The minimum Gasteiger partial charge on any atom is -0.481 e. The lowest BCUT2D eigenvalue weighted by atomic mass is 10.2. The quantitative estimate of drug-likeness (QED) is 0.792. The third-order valence-electron chi connectivity index (χ3n) is 3.35. The van der Waals surface area contributed by atoms with E-state index < -0.39 is 0 Å². The van der Waals surface area contributed by atoms with Crippen molar-refractivity contribution >= 4 is 17.0 Å². The van der Waals surface area contributed by atoms with Gasteiger partial charge in [0, 0.05) is 12.3 Å². The van der Waals surface area contributed by atoms with Crippen molar-refractivity contribution in [2.45, 2.75) is 13.5 Å². The number of para-hydroxylation sites is 1. The van der Waals surface area contributed by atoms with Crippen molar-refractivity contribution in [3.63, 3.8) is 0 Å². The number of imidazole rings is 1. The Labute approximate surface area is 117 Å². The van der Waals surface area contributed by atoms with E-state index in [9.17, 15) is 0 Å². The molecule has 0 aliphatic carbocycles. The molecule has 0 aliphatic heterocycles. The summed E-state index contributed by atoms with van der Waals surface area (Å²) in [7, 11) is 1.61. The molecule has 0 aliphatic rings. The Hall–Kier alpha value is -2.56. The van der Waals surface area contributed by atoms with Crippen LogP contribution in [0.3, 0.4) is 0 Å². The Kier molecular flexibility index (Phi) is 3.02. The molecule has 20 heavy (non-hydrogen) atoms. The zero-order valence-electron chi connectivity index (χ0n) is 11.5. The molecule has 5 heteroatoms. The monoisotopic (exact) mass is 268 g/mol. The minimum atomic E-state index is 0.519. The highest BCUT2D eigenvalue weighted by Gasteiger charge is 2.10. The van der Waals surface area contributed by atoms with Gasteiger partial charge in [0.2, 0.25) is 11.8 Å². The molecule has 2 heterocycles. The summed E-state index contributed by atoms with van der Waals surface area (Å²) < 4.78 is 7.16. The molecule has 3 rings (SSSR count). The van der Waals surface area contributed by atoms with E-state index in [-0.39, 0.29) is 0 Å². The van der Waals surface area contributed by atoms with E-state index in [1.807, 2.05) is 28.8 Å². The number of benzene rings is 1. The number of fused-ring (bicyclic) bond motifs is 1. The van der Waals surface area contributed by atoms with Crippen LogP contribution in [0.2, 0.25) is 0 Å². The number of hydrogen-bond donors (Lipinski definition) is 1. The molecule has 1 aromatic carbocycles. The zero-order chi connectivity index (χ0) is 14.1. The van der Waals surface area contributed by atoms with E-state index in [0.717, 1.165) is 22.2 Å². The number of aromatic nitrogens is 3. The fraction of sp³-hybridized carbons (Fsp3) is 0.200. The average molecular weight is 268 g/mol. The van der Waals surface area contributed by atoms with Crippen LogP contribution in [0.15, 0.2) is 36.5 Å². The summed E-state index contributed by atoms with van der Waals surface area (Å²) in [5.74, 6) is 1.12. The van der Waals surface area contributed by atoms with Crippen LogP contribution in [0.25, 0.3) is 11.0 Å². The van der Waals surface area contributed by atoms with Crippen molar-refractivity contribution in [2.24, 2.45) is 0 Å². The highest BCUT2D eigenvalue weighted by atomic mass is 16.5. The van der Waals surface area contributed by atoms with Crippen LogP contribution in [0.5, 0.6) is 5.88 Å². The van der Waals surface area contributed by atoms with E-state index in [0.29, 0.717) is 18.4 Å². The summed E-state index contributed by atoms with van der Waals surface area (Å²) in [6.45, 7) is 2.71. The van der Waals surface area contributed by atoms with Gasteiger partial charge in [-0.3, -0.25) is 0 Å². The first kappa shape index (κ1) is 12.5. The predicted molar refractivity (Wildman–Crippen MR) is 78.8 cm³/mol. The highest BCUT2D eigenvalue weighted by molar-refractivity contribution is 5.81. The molecule has 0 saturated heterocycles. The largest absolute Gasteiger partial charge is 0.481 e. The van der Waals surface area contributed by atoms with E-state index >= 15 is 0 Å². The van der Waals surface area contributed by atoms with Crippen molar-refractivity contribution < 1.29 is 4.74 Å². The number of ether oxygens (including phenoxy) is 1. The molecule has 0 spiro atoms. The number of anilines is 1. The Morgan fingerprint density at radius 1 is 1.30 bits per heavy atom. The van der Waals surface area contributed by atoms with Gasteiger partial charge in [-0.25, -0.2) is 9.97 Å². The van der Waals surface area contributed by atoms with Gasteiger partial charge in [-0.15, -0.1) is 0 Å². The summed E-state index contributed by atoms with van der Waals surface area (Å²) in [5, 5.41) is 0. The fourth-order valence-electron chi connectivity index (χ4n) is 2.39. The normalized spacial score (nSPS) is 10.9. The van der Waals surface area contributed by atoms with Crippen molar-refractivity contribution in [1.29, 1.82) is 0 Å². The number of rotatable bonds is 3. The summed E-state index contributed by atoms with van der Waals surface area (Å²) >= 11 is 0. The van der Waals surface area contributed by atoms with Gasteiger partial charge in [-0.2, -0.15) is 0 Å². The summed E-state index contributed by atoms with van der Waals surface area (Å²) in [5.41, 5.74) is 10.3. The van der Waals surface area contributed by atoms with E-state index in [4.69, 9.17) is 10.5 Å². The number of pyridine rings is 1. The second-order valence-corrected chi connectivity index (χ2v) is 4.71. The van der Waals surface area contributed by atoms with Gasteiger partial charge >= 0.3 is 0 Å². The van der Waals surface area contributed by atoms with E-state index in [2.05, 4.69) is 23.0 Å². The Morgan fingerprint density at radius 2 is 2.15 bits per heavy atom. The molecule has 102 valence electrons. The highest BCUT2D eigenvalue weighted by Crippen LogP contribution is 2.23. The molecule has 3 aromatic rings. The molecule has 0 amide bonds. The maximum atomic E-state index is 6.05. The molecule has 2 N–H and O–H groups in total. The zero-order valence-corrected chi connectivity index (χ0v) is 11.5. The smallest absolute Gasteiger partial charge is 0.213 e. The lowest BCUT2D eigenvalue weighted by Crippen LogP contribution is -2.05. The first-order valence-electron chi connectivity index (χ1n) is 6.39. The van der Waals surface area contributed by atoms with Crippen LogP contribution >= 0.6 is 0 Å². The topological polar surface area (TPSA) is 66.0 Å². The van der Waals surface area contributed by atoms with Crippen molar-refractivity contribution in [3.05, 3.63) is 47.7 Å². The van der Waals surface area contributed by atoms with Crippen molar-refractivity contribution in [3.8, 4) is 5.88 Å². The van der Waals surface area contributed by atoms with Crippen LogP contribution < -0.4 is 10.5 Å². The molecule has 0 saturated carbocycles. The van der Waals surface area contributed by atoms with Gasteiger partial charge < -0.3 is 15.0 Å². The van der Waals surface area contributed by atoms with Gasteiger partial charge in [0.25, 0.3) is 0 Å². The molecule has 0 atom stereocenters. The molecular weight excluding hydrogens is 252 g/mol. The SMILES string of the molecule is COc1cc(Cn2c(N)nc3cccc(C)c32)ccn1. The Morgan fingerprint density at radius 3 is 2.95 bits per heavy atom. The van der Waals surface area contributed by atoms with Gasteiger partial charge in [0.15, 0.2) is 0 Å². The number of nitrogen functional groups attached to an aromatic ring is 1. The maximum absolute atomic E-state index is 6.05. The maximum Gasteiger partial charge on any atom is 0.213 e. The fourth-order valence-corrected chi connectivity index (χ4v) is 2.39. The number of hydrogen-bond acceptors (Lipinski definition) is 4.